The summed E-state index contributed by atoms with van der Waals surface area (Å²) in [6, 6.07) is 0. The van der Waals surface area contributed by atoms with Crippen molar-refractivity contribution in [3.63, 3.8) is 0 Å². The van der Waals surface area contributed by atoms with Gasteiger partial charge in [-0.05, 0) is 38.6 Å². The molecular weight excluding hydrogens is 332 g/mol. The molecule has 0 amide bonds. The molecule has 6 nitrogen and oxygen atoms in total. The standard InChI is InChI=1S/C18H22N6S/c1-13-8-22-18(23-13)17-16(20-4-5-21-17)7-14-3-2-6-24(10-14)11-15-9-19-12-25-15/h4-5,8-9,12,14H,2-3,6-7,10-11H2,1H3,(H,22,23). The van der Waals surface area contributed by atoms with Gasteiger partial charge < -0.3 is 4.98 Å². The van der Waals surface area contributed by atoms with Gasteiger partial charge in [-0.1, -0.05) is 0 Å². The SMILES string of the molecule is Cc1cnc(-c2nccnc2CC2CCCN(Cc3cncs3)C2)[nH]1. The van der Waals surface area contributed by atoms with E-state index in [1.807, 2.05) is 24.8 Å². The number of piperidine rings is 1. The first kappa shape index (κ1) is 16.4. The van der Waals surface area contributed by atoms with Crippen LogP contribution in [0.25, 0.3) is 11.5 Å². The van der Waals surface area contributed by atoms with Crippen molar-refractivity contribution in [3.05, 3.63) is 46.6 Å². The zero-order valence-corrected chi connectivity index (χ0v) is 15.2. The summed E-state index contributed by atoms with van der Waals surface area (Å²) in [4.78, 5) is 24.9. The van der Waals surface area contributed by atoms with Gasteiger partial charge in [-0.25, -0.2) is 9.97 Å². The fourth-order valence-electron chi connectivity index (χ4n) is 3.52. The van der Waals surface area contributed by atoms with Gasteiger partial charge in [0.2, 0.25) is 0 Å². The van der Waals surface area contributed by atoms with Crippen molar-refractivity contribution >= 4 is 11.3 Å². The average Bonchev–Trinajstić information content (AvgIpc) is 3.27. The maximum atomic E-state index is 4.61. The van der Waals surface area contributed by atoms with E-state index < -0.39 is 0 Å². The van der Waals surface area contributed by atoms with Crippen LogP contribution in [0.1, 0.15) is 29.1 Å². The molecule has 1 aliphatic heterocycles. The van der Waals surface area contributed by atoms with Gasteiger partial charge in [0.25, 0.3) is 0 Å². The normalized spacial score (nSPS) is 18.5. The van der Waals surface area contributed by atoms with Gasteiger partial charge in [0, 0.05) is 48.4 Å². The van der Waals surface area contributed by atoms with E-state index in [2.05, 4.69) is 29.8 Å². The molecule has 25 heavy (non-hydrogen) atoms. The number of hydrogen-bond acceptors (Lipinski definition) is 6. The Balaban J connectivity index is 1.47. The summed E-state index contributed by atoms with van der Waals surface area (Å²) in [5, 5.41) is 0. The molecule has 7 heteroatoms. The molecule has 0 radical (unpaired) electrons. The largest absolute Gasteiger partial charge is 0.341 e. The van der Waals surface area contributed by atoms with Gasteiger partial charge >= 0.3 is 0 Å². The van der Waals surface area contributed by atoms with Crippen LogP contribution >= 0.6 is 11.3 Å². The van der Waals surface area contributed by atoms with E-state index in [1.165, 1.54) is 24.3 Å². The molecule has 0 aromatic carbocycles. The third-order valence-electron chi connectivity index (χ3n) is 4.65. The van der Waals surface area contributed by atoms with Crippen LogP contribution in [0.4, 0.5) is 0 Å². The number of nitrogens with one attached hydrogen (secondary N) is 1. The summed E-state index contributed by atoms with van der Waals surface area (Å²) in [5.74, 6) is 1.42. The first-order valence-electron chi connectivity index (χ1n) is 8.69. The van der Waals surface area contributed by atoms with Gasteiger partial charge in [0.1, 0.15) is 5.69 Å². The van der Waals surface area contributed by atoms with E-state index in [0.29, 0.717) is 5.92 Å². The quantitative estimate of drug-likeness (QED) is 0.762. The second-order valence-electron chi connectivity index (χ2n) is 6.68. The van der Waals surface area contributed by atoms with E-state index in [1.54, 1.807) is 23.7 Å². The Labute approximate surface area is 151 Å². The first-order chi connectivity index (χ1) is 12.3. The molecule has 0 spiro atoms. The third kappa shape index (κ3) is 3.93. The molecule has 0 saturated carbocycles. The number of thiazole rings is 1. The lowest BCUT2D eigenvalue weighted by atomic mass is 9.92. The van der Waals surface area contributed by atoms with E-state index in [-0.39, 0.29) is 0 Å². The molecule has 3 aromatic heterocycles. The molecule has 1 atom stereocenters. The lowest BCUT2D eigenvalue weighted by molar-refractivity contribution is 0.167. The van der Waals surface area contributed by atoms with Crippen molar-refractivity contribution in [2.24, 2.45) is 5.92 Å². The lowest BCUT2D eigenvalue weighted by Gasteiger charge is -2.32. The van der Waals surface area contributed by atoms with Crippen molar-refractivity contribution < 1.29 is 0 Å². The molecule has 1 fully saturated rings. The van der Waals surface area contributed by atoms with Gasteiger partial charge in [-0.15, -0.1) is 11.3 Å². The Bertz CT molecular complexity index is 813. The van der Waals surface area contributed by atoms with Gasteiger partial charge in [0.05, 0.1) is 11.2 Å². The number of imidazole rings is 1. The molecule has 4 rings (SSSR count). The van der Waals surface area contributed by atoms with Crippen molar-refractivity contribution in [1.82, 2.24) is 29.8 Å². The van der Waals surface area contributed by atoms with Crippen LogP contribution in [0.2, 0.25) is 0 Å². The number of rotatable bonds is 5. The summed E-state index contributed by atoms with van der Waals surface area (Å²) in [7, 11) is 0. The fraction of sp³-hybridized carbons (Fsp3) is 0.444. The highest BCUT2D eigenvalue weighted by atomic mass is 32.1. The average molecular weight is 354 g/mol. The Morgan fingerprint density at radius 2 is 2.16 bits per heavy atom. The number of likely N-dealkylation sites (tertiary alicyclic amines) is 1. The second-order valence-corrected chi connectivity index (χ2v) is 7.65. The van der Waals surface area contributed by atoms with Crippen LogP contribution in [0.15, 0.2) is 30.3 Å². The van der Waals surface area contributed by atoms with Crippen LogP contribution < -0.4 is 0 Å². The predicted octanol–water partition coefficient (Wildman–Crippen LogP) is 3.09. The second kappa shape index (κ2) is 7.41. The van der Waals surface area contributed by atoms with E-state index >= 15 is 0 Å². The van der Waals surface area contributed by atoms with Gasteiger partial charge in [0.15, 0.2) is 5.82 Å². The third-order valence-corrected chi connectivity index (χ3v) is 5.41. The molecular formula is C18H22N6S. The van der Waals surface area contributed by atoms with Crippen LogP contribution in [-0.2, 0) is 13.0 Å². The Morgan fingerprint density at radius 1 is 1.24 bits per heavy atom. The number of aromatic nitrogens is 5. The number of H-pyrrole nitrogens is 1. The topological polar surface area (TPSA) is 70.6 Å². The number of hydrogen-bond donors (Lipinski definition) is 1. The maximum Gasteiger partial charge on any atom is 0.158 e. The van der Waals surface area contributed by atoms with E-state index in [4.69, 9.17) is 0 Å². The zero-order valence-electron chi connectivity index (χ0n) is 14.4. The smallest absolute Gasteiger partial charge is 0.158 e. The van der Waals surface area contributed by atoms with Crippen molar-refractivity contribution in [2.45, 2.75) is 32.7 Å². The minimum absolute atomic E-state index is 0.605. The van der Waals surface area contributed by atoms with Gasteiger partial charge in [-0.2, -0.15) is 0 Å². The summed E-state index contributed by atoms with van der Waals surface area (Å²) in [5.41, 5.74) is 4.88. The minimum Gasteiger partial charge on any atom is -0.341 e. The molecule has 4 heterocycles. The van der Waals surface area contributed by atoms with E-state index in [0.717, 1.165) is 42.4 Å². The molecule has 3 aromatic rings. The van der Waals surface area contributed by atoms with Crippen LogP contribution in [0.5, 0.6) is 0 Å². The first-order valence-corrected chi connectivity index (χ1v) is 9.57. The highest BCUT2D eigenvalue weighted by Gasteiger charge is 2.23. The predicted molar refractivity (Wildman–Crippen MR) is 98.2 cm³/mol. The van der Waals surface area contributed by atoms with Crippen LogP contribution in [0, 0.1) is 12.8 Å². The molecule has 1 unspecified atom stereocenters. The highest BCUT2D eigenvalue weighted by Crippen LogP contribution is 2.25. The Morgan fingerprint density at radius 3 is 2.96 bits per heavy atom. The van der Waals surface area contributed by atoms with Crippen LogP contribution in [-0.4, -0.2) is 42.9 Å². The monoisotopic (exact) mass is 354 g/mol. The highest BCUT2D eigenvalue weighted by molar-refractivity contribution is 7.09. The zero-order chi connectivity index (χ0) is 17.1. The Kier molecular flexibility index (Phi) is 4.85. The summed E-state index contributed by atoms with van der Waals surface area (Å²) < 4.78 is 0. The van der Waals surface area contributed by atoms with Crippen molar-refractivity contribution in [3.8, 4) is 11.5 Å². The van der Waals surface area contributed by atoms with Gasteiger partial charge in [-0.3, -0.25) is 14.9 Å². The minimum atomic E-state index is 0.605. The molecule has 1 saturated heterocycles. The molecule has 0 aliphatic carbocycles. The fourth-order valence-corrected chi connectivity index (χ4v) is 4.16. The molecule has 0 bridgehead atoms. The summed E-state index contributed by atoms with van der Waals surface area (Å²) >= 11 is 1.74. The summed E-state index contributed by atoms with van der Waals surface area (Å²) in [6.07, 6.45) is 10.8. The molecule has 1 N–H and O–H groups in total. The number of aryl methyl sites for hydroxylation is 1. The Hall–Kier alpha value is -2.12. The lowest BCUT2D eigenvalue weighted by Crippen LogP contribution is -2.35. The molecule has 130 valence electrons. The van der Waals surface area contributed by atoms with Crippen LogP contribution in [0.3, 0.4) is 0 Å². The van der Waals surface area contributed by atoms with Crippen molar-refractivity contribution in [2.75, 3.05) is 13.1 Å². The van der Waals surface area contributed by atoms with Crippen molar-refractivity contribution in [1.29, 1.82) is 0 Å². The molecule has 1 aliphatic rings. The maximum absolute atomic E-state index is 4.61. The summed E-state index contributed by atoms with van der Waals surface area (Å²) in [6.45, 7) is 5.28. The van der Waals surface area contributed by atoms with E-state index in [9.17, 15) is 0 Å². The number of nitrogens with zero attached hydrogens (tertiary/aromatic N) is 5. The number of aromatic amines is 1.